The summed E-state index contributed by atoms with van der Waals surface area (Å²) in [5.74, 6) is 1.93. The van der Waals surface area contributed by atoms with Crippen LogP contribution in [0.2, 0.25) is 0 Å². The van der Waals surface area contributed by atoms with Crippen LogP contribution >= 0.6 is 7.37 Å². The van der Waals surface area contributed by atoms with Crippen molar-refractivity contribution in [2.45, 2.75) is 110 Å². The lowest BCUT2D eigenvalue weighted by atomic mass is 9.75. The van der Waals surface area contributed by atoms with Gasteiger partial charge in [0.1, 0.15) is 11.6 Å². The van der Waals surface area contributed by atoms with Crippen molar-refractivity contribution in [3.8, 4) is 5.75 Å². The van der Waals surface area contributed by atoms with E-state index >= 15 is 4.57 Å². The van der Waals surface area contributed by atoms with Gasteiger partial charge in [0.05, 0.1) is 28.9 Å². The van der Waals surface area contributed by atoms with E-state index in [2.05, 4.69) is 39.3 Å². The number of ether oxygens (including phenoxy) is 1. The van der Waals surface area contributed by atoms with E-state index in [4.69, 9.17) is 9.26 Å². The van der Waals surface area contributed by atoms with Gasteiger partial charge >= 0.3 is 0 Å². The fourth-order valence-electron chi connectivity index (χ4n) is 7.62. The number of aromatic nitrogens is 1. The maximum atomic E-state index is 16.2. The van der Waals surface area contributed by atoms with Gasteiger partial charge in [-0.05, 0) is 95.4 Å². The van der Waals surface area contributed by atoms with Gasteiger partial charge in [-0.2, -0.15) is 0 Å². The second kappa shape index (κ2) is 14.9. The van der Waals surface area contributed by atoms with Gasteiger partial charge in [-0.15, -0.1) is 0 Å². The predicted octanol–water partition coefficient (Wildman–Crippen LogP) is 10.1. The Hall–Kier alpha value is -3.06. The second-order valence-electron chi connectivity index (χ2n) is 15.6. The van der Waals surface area contributed by atoms with Crippen LogP contribution in [0.4, 0.5) is 5.82 Å². The van der Waals surface area contributed by atoms with Crippen molar-refractivity contribution in [3.63, 3.8) is 0 Å². The maximum absolute atomic E-state index is 16.2. The van der Waals surface area contributed by atoms with Gasteiger partial charge in [0.25, 0.3) is 17.4 Å². The van der Waals surface area contributed by atoms with Crippen LogP contribution in [-0.4, -0.2) is 26.2 Å². The molecule has 0 bridgehead atoms. The Morgan fingerprint density at radius 2 is 1.48 bits per heavy atom. The van der Waals surface area contributed by atoms with Crippen LogP contribution in [0.3, 0.4) is 0 Å². The summed E-state index contributed by atoms with van der Waals surface area (Å²) in [6.07, 6.45) is 2.61. The average molecular weight is 721 g/mol. The summed E-state index contributed by atoms with van der Waals surface area (Å²) in [4.78, 5) is 0.289. The highest BCUT2D eigenvalue weighted by molar-refractivity contribution is 7.93. The Morgan fingerprint density at radius 3 is 2.02 bits per heavy atom. The number of fused-ring (bicyclic) bond motifs is 1. The number of hydrogen-bond donors (Lipinski definition) is 1. The highest BCUT2D eigenvalue weighted by Gasteiger charge is 2.43. The molecule has 9 heteroatoms. The van der Waals surface area contributed by atoms with E-state index in [1.54, 1.807) is 11.7 Å². The van der Waals surface area contributed by atoms with Gasteiger partial charge in [-0.1, -0.05) is 99.1 Å². The van der Waals surface area contributed by atoms with Crippen LogP contribution < -0.4 is 20.1 Å². The Labute approximate surface area is 300 Å². The molecule has 0 radical (unpaired) electrons. The van der Waals surface area contributed by atoms with Crippen molar-refractivity contribution >= 4 is 44.7 Å². The second-order valence-corrected chi connectivity index (χ2v) is 19.5. The Bertz CT molecular complexity index is 1950. The molecule has 272 valence electrons. The van der Waals surface area contributed by atoms with Gasteiger partial charge in [-0.3, -0.25) is 9.29 Å². The van der Waals surface area contributed by atoms with Crippen LogP contribution in [-0.2, 0) is 26.2 Å². The quantitative estimate of drug-likeness (QED) is 0.147. The minimum absolute atomic E-state index is 0.0472. The largest absolute Gasteiger partial charge is 0.497 e. The fraction of sp³-hybridized carbons (Fsp3) is 0.512. The molecular formula is C41H57N2O5PS. The molecule has 1 aliphatic carbocycles. The molecule has 1 aromatic heterocycles. The number of aryl methyl sites for hydroxylation is 1. The number of benzene rings is 3. The lowest BCUT2D eigenvalue weighted by Crippen LogP contribution is -2.36. The van der Waals surface area contributed by atoms with Crippen LogP contribution in [0.5, 0.6) is 5.75 Å². The highest BCUT2D eigenvalue weighted by Crippen LogP contribution is 2.54. The third-order valence-corrected chi connectivity index (χ3v) is 14.7. The predicted molar refractivity (Wildman–Crippen MR) is 209 cm³/mol. The molecule has 5 rings (SSSR count). The van der Waals surface area contributed by atoms with Gasteiger partial charge in [0.15, 0.2) is 0 Å². The molecule has 0 saturated heterocycles. The van der Waals surface area contributed by atoms with E-state index in [1.807, 2.05) is 95.4 Å². The minimum Gasteiger partial charge on any atom is -0.497 e. The summed E-state index contributed by atoms with van der Waals surface area (Å²) >= 11 is 0. The molecule has 0 aliphatic heterocycles. The van der Waals surface area contributed by atoms with Crippen LogP contribution in [0.15, 0.2) is 65.6 Å². The molecule has 1 fully saturated rings. The smallest absolute Gasteiger partial charge is 0.265 e. The molecule has 3 aromatic carbocycles. The summed E-state index contributed by atoms with van der Waals surface area (Å²) in [5, 5.41) is 1.51. The lowest BCUT2D eigenvalue weighted by molar-refractivity contribution is 0.0515. The molecule has 4 atom stereocenters. The van der Waals surface area contributed by atoms with Crippen molar-refractivity contribution in [2.24, 2.45) is 24.8 Å². The summed E-state index contributed by atoms with van der Waals surface area (Å²) < 4.78 is 63.8. The van der Waals surface area contributed by atoms with E-state index in [0.29, 0.717) is 33.6 Å². The van der Waals surface area contributed by atoms with Crippen molar-refractivity contribution < 1.29 is 22.2 Å². The van der Waals surface area contributed by atoms with Gasteiger partial charge < -0.3 is 13.8 Å². The fourth-order valence-corrected chi connectivity index (χ4v) is 12.2. The number of methoxy groups -OCH3 is 1. The van der Waals surface area contributed by atoms with Crippen LogP contribution in [0, 0.1) is 17.8 Å². The molecular weight excluding hydrogens is 664 g/mol. The molecule has 1 saturated carbocycles. The molecule has 1 heterocycles. The maximum Gasteiger partial charge on any atom is 0.265 e. The molecule has 1 N–H and O–H groups in total. The lowest BCUT2D eigenvalue weighted by Gasteiger charge is -2.39. The summed E-state index contributed by atoms with van der Waals surface area (Å²) in [7, 11) is -4.74. The van der Waals surface area contributed by atoms with E-state index in [0.717, 1.165) is 41.5 Å². The first-order chi connectivity index (χ1) is 23.5. The standard InChI is InChI=1S/C41H57N2O5PS/c1-25(2)30-22-34(27(5)6)40(35(23-30)28(7)8)50(45,46)42-41-39(36-24-31(47-11)18-20-37(36)43(41)10)49(44,32-15-13-12-14-16-32)48-38-21-29(9)17-19-33(38)26(3)4/h12-16,18,20,22-29,33,38,42H,17,19,21H2,1-11H3/t29-,33+,38-,49?/m1/s1. The normalized spacial score (nSPS) is 19.9. The first-order valence-corrected chi connectivity index (χ1v) is 21.3. The van der Waals surface area contributed by atoms with Crippen LogP contribution in [0.25, 0.3) is 10.9 Å². The molecule has 0 amide bonds. The average Bonchev–Trinajstić information content (AvgIpc) is 3.33. The Morgan fingerprint density at radius 1 is 0.860 bits per heavy atom. The van der Waals surface area contributed by atoms with Gasteiger partial charge in [-0.25, -0.2) is 8.42 Å². The zero-order chi connectivity index (χ0) is 36.7. The van der Waals surface area contributed by atoms with Crippen molar-refractivity contribution in [3.05, 3.63) is 77.4 Å². The highest BCUT2D eigenvalue weighted by atomic mass is 32.2. The number of nitrogens with zero attached hydrogens (tertiary/aromatic N) is 1. The first-order valence-electron chi connectivity index (χ1n) is 18.2. The number of nitrogens with one attached hydrogen (secondary N) is 1. The minimum atomic E-state index is -4.20. The van der Waals surface area contributed by atoms with Crippen LogP contribution in [0.1, 0.15) is 116 Å². The molecule has 4 aromatic rings. The number of sulfonamides is 1. The summed E-state index contributed by atoms with van der Waals surface area (Å²) in [5.41, 5.74) is 3.37. The molecule has 0 spiro atoms. The summed E-state index contributed by atoms with van der Waals surface area (Å²) in [6, 6.07) is 19.0. The molecule has 50 heavy (non-hydrogen) atoms. The van der Waals surface area contributed by atoms with E-state index in [9.17, 15) is 8.42 Å². The number of hydrogen-bond acceptors (Lipinski definition) is 5. The molecule has 1 aliphatic rings. The third-order valence-electron chi connectivity index (χ3n) is 10.6. The van der Waals surface area contributed by atoms with E-state index < -0.39 is 17.4 Å². The first kappa shape index (κ1) is 38.2. The topological polar surface area (TPSA) is 86.6 Å². The van der Waals surface area contributed by atoms with E-state index in [1.165, 1.54) is 0 Å². The Kier molecular flexibility index (Phi) is 11.4. The number of anilines is 1. The zero-order valence-electron chi connectivity index (χ0n) is 31.8. The van der Waals surface area contributed by atoms with Gasteiger partial charge in [0.2, 0.25) is 0 Å². The van der Waals surface area contributed by atoms with Crippen molar-refractivity contribution in [1.82, 2.24) is 4.57 Å². The van der Waals surface area contributed by atoms with E-state index in [-0.39, 0.29) is 40.5 Å². The number of rotatable bonds is 12. The monoisotopic (exact) mass is 720 g/mol. The van der Waals surface area contributed by atoms with Crippen molar-refractivity contribution in [1.29, 1.82) is 0 Å². The summed E-state index contributed by atoms with van der Waals surface area (Å²) in [6.45, 7) is 19.0. The Balaban J connectivity index is 1.82. The zero-order valence-corrected chi connectivity index (χ0v) is 33.5. The van der Waals surface area contributed by atoms with Gasteiger partial charge in [0, 0.05) is 17.7 Å². The third kappa shape index (κ3) is 7.31. The molecule has 1 unspecified atom stereocenters. The SMILES string of the molecule is COc1ccc2c(c1)c(P(=O)(O[C@@H]1C[C@H](C)CC[C@H]1C(C)C)c1ccccc1)c(NS(=O)(=O)c1c(C(C)C)cc(C(C)C)cc1C(C)C)n2C. The molecule has 7 nitrogen and oxygen atoms in total. The van der Waals surface area contributed by atoms with Crippen molar-refractivity contribution in [2.75, 3.05) is 11.8 Å².